The van der Waals surface area contributed by atoms with Gasteiger partial charge in [0.2, 0.25) is 5.91 Å². The van der Waals surface area contributed by atoms with Crippen molar-refractivity contribution in [2.24, 2.45) is 0 Å². The van der Waals surface area contributed by atoms with E-state index < -0.39 is 12.0 Å². The lowest BCUT2D eigenvalue weighted by Gasteiger charge is -2.22. The Labute approximate surface area is 204 Å². The number of benzene rings is 2. The largest absolute Gasteiger partial charge is 0.494 e. The molecule has 1 N–H and O–H groups in total. The Morgan fingerprint density at radius 1 is 1.09 bits per heavy atom. The second kappa shape index (κ2) is 11.4. The van der Waals surface area contributed by atoms with E-state index in [4.69, 9.17) is 21.7 Å². The second-order valence-electron chi connectivity index (χ2n) is 7.39. The normalized spacial score (nSPS) is 15.3. The molecule has 1 fully saturated rings. The van der Waals surface area contributed by atoms with Crippen molar-refractivity contribution in [2.75, 3.05) is 30.0 Å². The average molecular weight is 482 g/mol. The number of esters is 1. The Kier molecular flexibility index (Phi) is 8.37. The molecule has 1 heterocycles. The highest BCUT2D eigenvalue weighted by molar-refractivity contribution is 7.80. The summed E-state index contributed by atoms with van der Waals surface area (Å²) in [4.78, 5) is 41.0. The van der Waals surface area contributed by atoms with Gasteiger partial charge in [0, 0.05) is 12.2 Å². The first-order chi connectivity index (χ1) is 16.4. The maximum atomic E-state index is 13.3. The summed E-state index contributed by atoms with van der Waals surface area (Å²) in [5.74, 6) is -0.378. The van der Waals surface area contributed by atoms with E-state index in [2.05, 4.69) is 11.9 Å². The van der Waals surface area contributed by atoms with E-state index in [9.17, 15) is 14.4 Å². The molecule has 0 radical (unpaired) electrons. The summed E-state index contributed by atoms with van der Waals surface area (Å²) in [5, 5.41) is 3.08. The summed E-state index contributed by atoms with van der Waals surface area (Å²) in [7, 11) is 0. The molecule has 1 atom stereocenters. The second-order valence-corrected chi connectivity index (χ2v) is 7.76. The van der Waals surface area contributed by atoms with Crippen molar-refractivity contribution in [2.45, 2.75) is 26.3 Å². The highest BCUT2D eigenvalue weighted by atomic mass is 32.1. The van der Waals surface area contributed by atoms with Gasteiger partial charge in [0.25, 0.3) is 5.91 Å². The molecular formula is C25H27N3O5S. The number of carbonyl (C=O) groups is 3. The van der Waals surface area contributed by atoms with Crippen molar-refractivity contribution in [3.63, 3.8) is 0 Å². The summed E-state index contributed by atoms with van der Waals surface area (Å²) in [6.45, 7) is 8.50. The first-order valence-electron chi connectivity index (χ1n) is 10.9. The van der Waals surface area contributed by atoms with Crippen molar-refractivity contribution < 1.29 is 23.9 Å². The molecule has 1 aliphatic heterocycles. The zero-order valence-electron chi connectivity index (χ0n) is 19.2. The number of anilines is 2. The summed E-state index contributed by atoms with van der Waals surface area (Å²) in [6.07, 6.45) is 1.54. The summed E-state index contributed by atoms with van der Waals surface area (Å²) >= 11 is 5.56. The fourth-order valence-electron chi connectivity index (χ4n) is 3.57. The van der Waals surface area contributed by atoms with E-state index >= 15 is 0 Å². The molecule has 0 unspecified atom stereocenters. The van der Waals surface area contributed by atoms with Crippen molar-refractivity contribution in [1.82, 2.24) is 4.90 Å². The van der Waals surface area contributed by atoms with E-state index in [0.717, 1.165) is 0 Å². The van der Waals surface area contributed by atoms with Crippen LogP contribution in [0.3, 0.4) is 0 Å². The van der Waals surface area contributed by atoms with Gasteiger partial charge in [-0.15, -0.1) is 6.58 Å². The number of carbonyl (C=O) groups excluding carboxylic acids is 3. The van der Waals surface area contributed by atoms with E-state index in [1.54, 1.807) is 66.4 Å². The fourth-order valence-corrected chi connectivity index (χ4v) is 3.96. The van der Waals surface area contributed by atoms with Crippen LogP contribution in [0.2, 0.25) is 0 Å². The third kappa shape index (κ3) is 5.60. The van der Waals surface area contributed by atoms with Gasteiger partial charge in [-0.2, -0.15) is 0 Å². The van der Waals surface area contributed by atoms with Gasteiger partial charge >= 0.3 is 5.97 Å². The summed E-state index contributed by atoms with van der Waals surface area (Å²) in [6, 6.07) is 12.6. The Morgan fingerprint density at radius 2 is 1.76 bits per heavy atom. The van der Waals surface area contributed by atoms with Crippen LogP contribution in [0.15, 0.2) is 61.2 Å². The lowest BCUT2D eigenvalue weighted by atomic mass is 10.1. The highest BCUT2D eigenvalue weighted by Crippen LogP contribution is 2.28. The molecule has 178 valence electrons. The summed E-state index contributed by atoms with van der Waals surface area (Å²) < 4.78 is 10.4. The van der Waals surface area contributed by atoms with Gasteiger partial charge in [0.1, 0.15) is 11.8 Å². The third-order valence-electron chi connectivity index (χ3n) is 5.11. The molecule has 1 aliphatic rings. The zero-order chi connectivity index (χ0) is 24.7. The number of hydrogen-bond donors (Lipinski definition) is 1. The molecule has 9 heteroatoms. The maximum absolute atomic E-state index is 13.3. The van der Waals surface area contributed by atoms with Gasteiger partial charge in [-0.3, -0.25) is 14.5 Å². The molecule has 0 bridgehead atoms. The van der Waals surface area contributed by atoms with Crippen LogP contribution in [-0.4, -0.2) is 53.6 Å². The van der Waals surface area contributed by atoms with E-state index in [1.807, 2.05) is 6.92 Å². The van der Waals surface area contributed by atoms with Crippen molar-refractivity contribution in [3.8, 4) is 5.75 Å². The smallest absolute Gasteiger partial charge is 0.338 e. The molecule has 8 nitrogen and oxygen atoms in total. The van der Waals surface area contributed by atoms with Crippen molar-refractivity contribution in [1.29, 1.82) is 0 Å². The molecule has 0 saturated carbocycles. The number of rotatable bonds is 10. The lowest BCUT2D eigenvalue weighted by molar-refractivity contribution is -0.124. The predicted molar refractivity (Wildman–Crippen MR) is 134 cm³/mol. The van der Waals surface area contributed by atoms with E-state index in [1.165, 1.54) is 4.90 Å². The molecule has 1 saturated heterocycles. The quantitative estimate of drug-likeness (QED) is 0.314. The molecule has 3 rings (SSSR count). The SMILES string of the molecule is C=CCN1C(=S)N(c2ccc(C(=O)OCC)cc2)C(=O)[C@H]1CC(=O)Nc1ccc(OCC)cc1. The third-order valence-corrected chi connectivity index (χ3v) is 5.53. The van der Waals surface area contributed by atoms with E-state index in [0.29, 0.717) is 35.8 Å². The number of hydrogen-bond acceptors (Lipinski definition) is 6. The van der Waals surface area contributed by atoms with Crippen LogP contribution in [0.5, 0.6) is 5.75 Å². The Bertz CT molecular complexity index is 1070. The van der Waals surface area contributed by atoms with Crippen LogP contribution in [0.25, 0.3) is 0 Å². The Morgan fingerprint density at radius 3 is 2.35 bits per heavy atom. The molecule has 34 heavy (non-hydrogen) atoms. The topological polar surface area (TPSA) is 88.2 Å². The maximum Gasteiger partial charge on any atom is 0.338 e. The molecule has 0 aliphatic carbocycles. The molecule has 2 amide bonds. The Hall–Kier alpha value is -3.72. The standard InChI is InChI=1S/C25H27N3O5S/c1-4-15-27-21(16-22(29)26-18-9-13-20(14-10-18)32-5-2)23(30)28(25(27)34)19-11-7-17(8-12-19)24(31)33-6-3/h4,7-14,21H,1,5-6,15-16H2,2-3H3,(H,26,29)/t21-/m1/s1. The van der Waals surface area contributed by atoms with Gasteiger partial charge < -0.3 is 19.7 Å². The molecular weight excluding hydrogens is 454 g/mol. The average Bonchev–Trinajstić information content (AvgIpc) is 3.05. The fraction of sp³-hybridized carbons (Fsp3) is 0.280. The van der Waals surface area contributed by atoms with E-state index in [-0.39, 0.29) is 30.0 Å². The minimum atomic E-state index is -0.780. The van der Waals surface area contributed by atoms with Gasteiger partial charge in [0.05, 0.1) is 30.9 Å². The Balaban J connectivity index is 1.74. The number of nitrogens with zero attached hydrogens (tertiary/aromatic N) is 2. The van der Waals surface area contributed by atoms with Gasteiger partial charge in [-0.1, -0.05) is 6.08 Å². The van der Waals surface area contributed by atoms with Crippen molar-refractivity contribution >= 4 is 46.5 Å². The first kappa shape index (κ1) is 24.9. The lowest BCUT2D eigenvalue weighted by Crippen LogP contribution is -2.37. The van der Waals surface area contributed by atoms with Gasteiger partial charge in [-0.05, 0) is 74.6 Å². The highest BCUT2D eigenvalue weighted by Gasteiger charge is 2.43. The molecule has 0 aromatic heterocycles. The minimum Gasteiger partial charge on any atom is -0.494 e. The van der Waals surface area contributed by atoms with Crippen molar-refractivity contribution in [3.05, 3.63) is 66.7 Å². The number of ether oxygens (including phenoxy) is 2. The van der Waals surface area contributed by atoms with Crippen LogP contribution >= 0.6 is 12.2 Å². The molecule has 2 aromatic carbocycles. The minimum absolute atomic E-state index is 0.0859. The first-order valence-corrected chi connectivity index (χ1v) is 11.4. The number of thiocarbonyl (C=S) groups is 1. The molecule has 2 aromatic rings. The monoisotopic (exact) mass is 481 g/mol. The van der Waals surface area contributed by atoms with Crippen LogP contribution < -0.4 is 15.0 Å². The van der Waals surface area contributed by atoms with Crippen LogP contribution in [0.4, 0.5) is 11.4 Å². The number of amides is 2. The predicted octanol–water partition coefficient (Wildman–Crippen LogP) is 3.78. The van der Waals surface area contributed by atoms with Crippen LogP contribution in [-0.2, 0) is 14.3 Å². The van der Waals surface area contributed by atoms with Crippen LogP contribution in [0, 0.1) is 0 Å². The summed E-state index contributed by atoms with van der Waals surface area (Å²) in [5.41, 5.74) is 1.48. The van der Waals surface area contributed by atoms with Crippen LogP contribution in [0.1, 0.15) is 30.6 Å². The number of nitrogens with one attached hydrogen (secondary N) is 1. The molecule has 0 spiro atoms. The van der Waals surface area contributed by atoms with Gasteiger partial charge in [-0.25, -0.2) is 4.79 Å². The van der Waals surface area contributed by atoms with Gasteiger partial charge in [0.15, 0.2) is 5.11 Å². The zero-order valence-corrected chi connectivity index (χ0v) is 20.0.